The Morgan fingerprint density at radius 2 is 2.00 bits per heavy atom. The van der Waals surface area contributed by atoms with Crippen molar-refractivity contribution in [2.24, 2.45) is 0 Å². The fourth-order valence-electron chi connectivity index (χ4n) is 2.41. The predicted molar refractivity (Wildman–Crippen MR) is 67.2 cm³/mol. The molecule has 0 heterocycles. The van der Waals surface area contributed by atoms with Crippen LogP contribution in [0.3, 0.4) is 0 Å². The van der Waals surface area contributed by atoms with Crippen LogP contribution >= 0.6 is 0 Å². The maximum absolute atomic E-state index is 2.41. The molecule has 15 heavy (non-hydrogen) atoms. The molecule has 0 nitrogen and oxygen atoms in total. The highest BCUT2D eigenvalue weighted by Crippen LogP contribution is 2.34. The smallest absolute Gasteiger partial charge is 0.00552 e. The zero-order chi connectivity index (χ0) is 11.0. The number of allylic oxidation sites excluding steroid dienone is 1. The van der Waals surface area contributed by atoms with E-state index in [-0.39, 0.29) is 0 Å². The molecule has 0 spiro atoms. The van der Waals surface area contributed by atoms with Gasteiger partial charge in [0.05, 0.1) is 0 Å². The Morgan fingerprint density at radius 3 is 2.60 bits per heavy atom. The van der Waals surface area contributed by atoms with Crippen LogP contribution in [0.15, 0.2) is 17.7 Å². The normalized spacial score (nSPS) is 14.3. The minimum atomic E-state index is 0.631. The Balaban J connectivity index is 2.54. The number of benzene rings is 1. The van der Waals surface area contributed by atoms with E-state index >= 15 is 0 Å². The summed E-state index contributed by atoms with van der Waals surface area (Å²) in [7, 11) is 0. The molecule has 2 rings (SSSR count). The van der Waals surface area contributed by atoms with E-state index in [1.807, 2.05) is 0 Å². The van der Waals surface area contributed by atoms with Crippen LogP contribution in [-0.2, 0) is 6.42 Å². The van der Waals surface area contributed by atoms with E-state index in [2.05, 4.69) is 45.9 Å². The van der Waals surface area contributed by atoms with Crippen molar-refractivity contribution in [3.05, 3.63) is 40.0 Å². The summed E-state index contributed by atoms with van der Waals surface area (Å²) in [5, 5.41) is 0. The van der Waals surface area contributed by atoms with Crippen LogP contribution in [0.1, 0.15) is 55.4 Å². The van der Waals surface area contributed by atoms with Crippen LogP contribution in [0, 0.1) is 6.92 Å². The second-order valence-corrected chi connectivity index (χ2v) is 4.85. The lowest BCUT2D eigenvalue weighted by molar-refractivity contribution is 0.860. The zero-order valence-electron chi connectivity index (χ0n) is 10.2. The molecule has 0 fully saturated rings. The van der Waals surface area contributed by atoms with Crippen molar-refractivity contribution in [1.82, 2.24) is 0 Å². The third-order valence-electron chi connectivity index (χ3n) is 3.45. The van der Waals surface area contributed by atoms with Crippen LogP contribution in [0.25, 0.3) is 6.08 Å². The highest BCUT2D eigenvalue weighted by atomic mass is 14.2. The van der Waals surface area contributed by atoms with E-state index in [9.17, 15) is 0 Å². The standard InChI is InChI=1S/C15H20/c1-5-12-8-14-11(4)6-7-13(10(2)3)15(14)9-12/h6-7,9-10H,5,8H2,1-4H3. The lowest BCUT2D eigenvalue weighted by Crippen LogP contribution is -1.96. The fourth-order valence-corrected chi connectivity index (χ4v) is 2.41. The van der Waals surface area contributed by atoms with E-state index in [4.69, 9.17) is 0 Å². The second kappa shape index (κ2) is 3.84. The van der Waals surface area contributed by atoms with Gasteiger partial charge >= 0.3 is 0 Å². The Morgan fingerprint density at radius 1 is 1.27 bits per heavy atom. The van der Waals surface area contributed by atoms with Gasteiger partial charge in [0.15, 0.2) is 0 Å². The molecule has 1 aliphatic carbocycles. The molecule has 0 radical (unpaired) electrons. The first kappa shape index (κ1) is 10.5. The number of hydrogen-bond donors (Lipinski definition) is 0. The monoisotopic (exact) mass is 200 g/mol. The van der Waals surface area contributed by atoms with Gasteiger partial charge in [-0.2, -0.15) is 0 Å². The van der Waals surface area contributed by atoms with Gasteiger partial charge in [-0.25, -0.2) is 0 Å². The van der Waals surface area contributed by atoms with E-state index in [0.29, 0.717) is 5.92 Å². The van der Waals surface area contributed by atoms with Gasteiger partial charge in [0.25, 0.3) is 0 Å². The van der Waals surface area contributed by atoms with E-state index in [0.717, 1.165) is 0 Å². The molecule has 0 saturated carbocycles. The van der Waals surface area contributed by atoms with Gasteiger partial charge in [-0.1, -0.05) is 44.6 Å². The molecule has 0 N–H and O–H groups in total. The van der Waals surface area contributed by atoms with Gasteiger partial charge in [-0.05, 0) is 47.9 Å². The van der Waals surface area contributed by atoms with Crippen molar-refractivity contribution in [3.63, 3.8) is 0 Å². The zero-order valence-corrected chi connectivity index (χ0v) is 10.2. The van der Waals surface area contributed by atoms with E-state index < -0.39 is 0 Å². The summed E-state index contributed by atoms with van der Waals surface area (Å²) in [6.45, 7) is 9.04. The Labute approximate surface area is 93.0 Å². The topological polar surface area (TPSA) is 0 Å². The largest absolute Gasteiger partial charge is 0.0655 e. The summed E-state index contributed by atoms with van der Waals surface area (Å²) >= 11 is 0. The molecule has 80 valence electrons. The quantitative estimate of drug-likeness (QED) is 0.661. The molecule has 0 amide bonds. The van der Waals surface area contributed by atoms with Gasteiger partial charge < -0.3 is 0 Å². The van der Waals surface area contributed by atoms with Gasteiger partial charge in [0, 0.05) is 0 Å². The molecule has 0 aromatic heterocycles. The van der Waals surface area contributed by atoms with Crippen molar-refractivity contribution >= 4 is 6.08 Å². The third kappa shape index (κ3) is 1.73. The number of aryl methyl sites for hydroxylation is 1. The first-order valence-electron chi connectivity index (χ1n) is 5.95. The minimum Gasteiger partial charge on any atom is -0.0655 e. The summed E-state index contributed by atoms with van der Waals surface area (Å²) in [6, 6.07) is 4.58. The molecule has 0 saturated heterocycles. The number of rotatable bonds is 2. The second-order valence-electron chi connectivity index (χ2n) is 4.85. The average Bonchev–Trinajstić information content (AvgIpc) is 2.62. The third-order valence-corrected chi connectivity index (χ3v) is 3.45. The van der Waals surface area contributed by atoms with Crippen LogP contribution in [0.2, 0.25) is 0 Å². The molecule has 0 unspecified atom stereocenters. The summed E-state index contributed by atoms with van der Waals surface area (Å²) < 4.78 is 0. The molecule has 1 aromatic carbocycles. The lowest BCUT2D eigenvalue weighted by atomic mass is 9.92. The number of hydrogen-bond acceptors (Lipinski definition) is 0. The van der Waals surface area contributed by atoms with Crippen LogP contribution < -0.4 is 0 Å². The van der Waals surface area contributed by atoms with E-state index in [1.54, 1.807) is 11.1 Å². The maximum atomic E-state index is 2.41. The van der Waals surface area contributed by atoms with Crippen LogP contribution in [0.5, 0.6) is 0 Å². The van der Waals surface area contributed by atoms with Gasteiger partial charge in [0.2, 0.25) is 0 Å². The van der Waals surface area contributed by atoms with Crippen LogP contribution in [0.4, 0.5) is 0 Å². The highest BCUT2D eigenvalue weighted by molar-refractivity contribution is 5.68. The maximum Gasteiger partial charge on any atom is -0.00552 e. The average molecular weight is 200 g/mol. The molecule has 1 aromatic rings. The van der Waals surface area contributed by atoms with Crippen molar-refractivity contribution in [2.45, 2.75) is 46.5 Å². The summed E-state index contributed by atoms with van der Waals surface area (Å²) in [5.41, 5.74) is 7.63. The SMILES string of the molecule is CCC1=Cc2c(C(C)C)ccc(C)c2C1. The minimum absolute atomic E-state index is 0.631. The molecule has 0 aliphatic heterocycles. The highest BCUT2D eigenvalue weighted by Gasteiger charge is 2.17. The molecular formula is C15H20. The Kier molecular flexibility index (Phi) is 2.68. The van der Waals surface area contributed by atoms with Crippen molar-refractivity contribution in [1.29, 1.82) is 0 Å². The Bertz CT molecular complexity index is 408. The molecule has 0 heteroatoms. The lowest BCUT2D eigenvalue weighted by Gasteiger charge is -2.13. The van der Waals surface area contributed by atoms with Gasteiger partial charge in [0.1, 0.15) is 0 Å². The Hall–Kier alpha value is -1.04. The number of fused-ring (bicyclic) bond motifs is 1. The van der Waals surface area contributed by atoms with Crippen LogP contribution in [-0.4, -0.2) is 0 Å². The van der Waals surface area contributed by atoms with Gasteiger partial charge in [-0.3, -0.25) is 0 Å². The molecular weight excluding hydrogens is 180 g/mol. The first-order chi connectivity index (χ1) is 7.13. The fraction of sp³-hybridized carbons (Fsp3) is 0.467. The molecule has 0 atom stereocenters. The van der Waals surface area contributed by atoms with Crippen molar-refractivity contribution in [3.8, 4) is 0 Å². The first-order valence-corrected chi connectivity index (χ1v) is 5.95. The molecule has 0 bridgehead atoms. The summed E-state index contributed by atoms with van der Waals surface area (Å²) in [6.07, 6.45) is 4.78. The van der Waals surface area contributed by atoms with E-state index in [1.165, 1.54) is 29.5 Å². The van der Waals surface area contributed by atoms with Crippen molar-refractivity contribution in [2.75, 3.05) is 0 Å². The molecule has 1 aliphatic rings. The summed E-state index contributed by atoms with van der Waals surface area (Å²) in [5.74, 6) is 0.631. The van der Waals surface area contributed by atoms with Gasteiger partial charge in [-0.15, -0.1) is 0 Å². The van der Waals surface area contributed by atoms with Crippen molar-refractivity contribution < 1.29 is 0 Å². The predicted octanol–water partition coefficient (Wildman–Crippen LogP) is 4.47. The summed E-state index contributed by atoms with van der Waals surface area (Å²) in [4.78, 5) is 0.